The number of hydrogen-bond acceptors (Lipinski definition) is 6. The van der Waals surface area contributed by atoms with E-state index in [4.69, 9.17) is 9.47 Å². The second-order valence-corrected chi connectivity index (χ2v) is 8.67. The smallest absolute Gasteiger partial charge is 0.299 e. The largest absolute Gasteiger partial charge is 0.493 e. The topological polar surface area (TPSA) is 80.2 Å². The Bertz CT molecular complexity index is 1050. The lowest BCUT2D eigenvalue weighted by atomic mass is 9.96. The van der Waals surface area contributed by atoms with Gasteiger partial charge in [0.15, 0.2) is 11.5 Å². The fraction of sp³-hybridized carbons (Fsp3) is 0.348. The van der Waals surface area contributed by atoms with Crippen LogP contribution < -0.4 is 19.8 Å². The maximum atomic E-state index is 13.3. The maximum absolute atomic E-state index is 13.3. The maximum Gasteiger partial charge on any atom is 0.299 e. The molecule has 0 aromatic heterocycles. The zero-order valence-corrected chi connectivity index (χ0v) is 18.6. The zero-order chi connectivity index (χ0) is 22.0. The average Bonchev–Trinajstić information content (AvgIpc) is 2.78. The molecule has 0 saturated heterocycles. The first kappa shape index (κ1) is 21.2. The monoisotopic (exact) mass is 439 g/mol. The quantitative estimate of drug-likeness (QED) is 0.754. The van der Waals surface area contributed by atoms with E-state index in [1.807, 2.05) is 30.9 Å². The number of nitrogens with zero attached hydrogens (tertiary/aromatic N) is 2. The molecule has 1 N–H and O–H groups in total. The average molecular weight is 440 g/mol. The molecule has 2 aliphatic heterocycles. The van der Waals surface area contributed by atoms with Crippen LogP contribution in [0.15, 0.2) is 41.5 Å². The minimum atomic E-state index is -0.142. The number of nitrogens with one attached hydrogen (secondary N) is 1. The molecule has 2 amide bonds. The molecule has 8 heteroatoms. The number of carbonyl (C=O) groups excluding carboxylic acids is 2. The van der Waals surface area contributed by atoms with Crippen molar-refractivity contribution >= 4 is 34.3 Å². The summed E-state index contributed by atoms with van der Waals surface area (Å²) in [5, 5.41) is 4.08. The number of fused-ring (bicyclic) bond motifs is 1. The van der Waals surface area contributed by atoms with E-state index in [9.17, 15) is 9.59 Å². The van der Waals surface area contributed by atoms with Crippen LogP contribution in [0.2, 0.25) is 0 Å². The molecule has 2 heterocycles. The molecule has 0 saturated carbocycles. The first-order valence-corrected chi connectivity index (χ1v) is 11.2. The Hall–Kier alpha value is -3.00. The van der Waals surface area contributed by atoms with E-state index in [-0.39, 0.29) is 16.4 Å². The summed E-state index contributed by atoms with van der Waals surface area (Å²) >= 11 is 1.23. The Kier molecular flexibility index (Phi) is 6.18. The first-order chi connectivity index (χ1) is 15.0. The summed E-state index contributed by atoms with van der Waals surface area (Å²) in [6.07, 6.45) is 1.77. The number of carbonyl (C=O) groups is 2. The normalized spacial score (nSPS) is 18.0. The molecule has 162 valence electrons. The lowest BCUT2D eigenvalue weighted by Gasteiger charge is -2.30. The Morgan fingerprint density at radius 1 is 1.26 bits per heavy atom. The SMILES string of the molecule is CCOc1cc(C(=O)N2CCCc3cc(C4=NNC(=O)SC4C)ccc32)ccc1OC. The molecular weight excluding hydrogens is 414 g/mol. The molecule has 2 aromatic carbocycles. The molecule has 31 heavy (non-hydrogen) atoms. The number of hydrogen-bond donors (Lipinski definition) is 1. The highest BCUT2D eigenvalue weighted by atomic mass is 32.2. The Balaban J connectivity index is 1.64. The third-order valence-corrected chi connectivity index (χ3v) is 6.27. The van der Waals surface area contributed by atoms with Gasteiger partial charge in [-0.3, -0.25) is 9.59 Å². The van der Waals surface area contributed by atoms with Crippen LogP contribution in [0.25, 0.3) is 0 Å². The highest BCUT2D eigenvalue weighted by Gasteiger charge is 2.27. The van der Waals surface area contributed by atoms with Crippen LogP contribution in [0, 0.1) is 0 Å². The third kappa shape index (κ3) is 4.25. The number of hydrazone groups is 1. The van der Waals surface area contributed by atoms with E-state index in [1.54, 1.807) is 25.3 Å². The van der Waals surface area contributed by atoms with Crippen LogP contribution in [0.3, 0.4) is 0 Å². The van der Waals surface area contributed by atoms with E-state index < -0.39 is 0 Å². The van der Waals surface area contributed by atoms with Gasteiger partial charge in [0.25, 0.3) is 11.1 Å². The summed E-state index contributed by atoms with van der Waals surface area (Å²) in [6, 6.07) is 11.3. The molecule has 4 rings (SSSR count). The van der Waals surface area contributed by atoms with Gasteiger partial charge in [0.1, 0.15) is 0 Å². The van der Waals surface area contributed by atoms with Crippen molar-refractivity contribution in [3.63, 3.8) is 0 Å². The molecule has 0 aliphatic carbocycles. The van der Waals surface area contributed by atoms with Crippen LogP contribution >= 0.6 is 11.8 Å². The molecule has 1 unspecified atom stereocenters. The van der Waals surface area contributed by atoms with Gasteiger partial charge in [-0.25, -0.2) is 5.43 Å². The lowest BCUT2D eigenvalue weighted by molar-refractivity contribution is 0.0984. The summed E-state index contributed by atoms with van der Waals surface area (Å²) in [6.45, 7) is 5.01. The van der Waals surface area contributed by atoms with Gasteiger partial charge in [-0.2, -0.15) is 5.10 Å². The van der Waals surface area contributed by atoms with Gasteiger partial charge in [0.05, 0.1) is 24.7 Å². The second-order valence-electron chi connectivity index (χ2n) is 7.36. The minimum Gasteiger partial charge on any atom is -0.493 e. The van der Waals surface area contributed by atoms with Crippen molar-refractivity contribution in [2.24, 2.45) is 5.10 Å². The van der Waals surface area contributed by atoms with Crippen molar-refractivity contribution in [3.8, 4) is 11.5 Å². The van der Waals surface area contributed by atoms with Gasteiger partial charge >= 0.3 is 0 Å². The number of amides is 2. The van der Waals surface area contributed by atoms with E-state index in [2.05, 4.69) is 16.6 Å². The summed E-state index contributed by atoms with van der Waals surface area (Å²) in [7, 11) is 1.58. The molecule has 0 spiro atoms. The van der Waals surface area contributed by atoms with Gasteiger partial charge < -0.3 is 14.4 Å². The number of ether oxygens (including phenoxy) is 2. The van der Waals surface area contributed by atoms with Gasteiger partial charge in [-0.15, -0.1) is 0 Å². The van der Waals surface area contributed by atoms with Gasteiger partial charge in [-0.05, 0) is 68.1 Å². The minimum absolute atomic E-state index is 0.0237. The number of benzene rings is 2. The molecule has 0 bridgehead atoms. The van der Waals surface area contributed by atoms with Crippen LogP contribution in [-0.2, 0) is 6.42 Å². The summed E-state index contributed by atoms with van der Waals surface area (Å²) in [4.78, 5) is 26.7. The van der Waals surface area contributed by atoms with Crippen molar-refractivity contribution in [2.45, 2.75) is 31.9 Å². The van der Waals surface area contributed by atoms with Crippen LogP contribution in [0.5, 0.6) is 11.5 Å². The summed E-state index contributed by atoms with van der Waals surface area (Å²) < 4.78 is 11.0. The molecular formula is C23H25N3O4S. The first-order valence-electron chi connectivity index (χ1n) is 10.3. The van der Waals surface area contributed by atoms with Crippen molar-refractivity contribution in [1.82, 2.24) is 5.43 Å². The van der Waals surface area contributed by atoms with E-state index in [0.717, 1.165) is 35.4 Å². The molecule has 1 atom stereocenters. The number of rotatable bonds is 5. The number of thioether (sulfide) groups is 1. The van der Waals surface area contributed by atoms with Crippen molar-refractivity contribution < 1.29 is 19.1 Å². The number of methoxy groups -OCH3 is 1. The van der Waals surface area contributed by atoms with E-state index in [1.165, 1.54) is 11.8 Å². The molecule has 2 aromatic rings. The fourth-order valence-electron chi connectivity index (χ4n) is 3.94. The van der Waals surface area contributed by atoms with E-state index >= 15 is 0 Å². The molecule has 0 fully saturated rings. The van der Waals surface area contributed by atoms with Crippen LogP contribution in [-0.4, -0.2) is 42.4 Å². The number of aryl methyl sites for hydroxylation is 1. The standard InChI is InChI=1S/C23H25N3O4S/c1-4-30-20-13-17(8-10-19(20)29-3)22(27)26-11-5-6-15-12-16(7-9-18(15)26)21-14(2)31-23(28)25-24-21/h7-10,12-14H,4-6,11H2,1-3H3,(H,25,28). The van der Waals surface area contributed by atoms with Gasteiger partial charge in [0.2, 0.25) is 0 Å². The Morgan fingerprint density at radius 2 is 2.10 bits per heavy atom. The third-order valence-electron chi connectivity index (χ3n) is 5.39. The Morgan fingerprint density at radius 3 is 2.84 bits per heavy atom. The van der Waals surface area contributed by atoms with Gasteiger partial charge in [-0.1, -0.05) is 17.8 Å². The highest BCUT2D eigenvalue weighted by molar-refractivity contribution is 8.14. The zero-order valence-electron chi connectivity index (χ0n) is 17.8. The summed E-state index contributed by atoms with van der Waals surface area (Å²) in [5.74, 6) is 1.10. The van der Waals surface area contributed by atoms with Gasteiger partial charge in [0, 0.05) is 17.8 Å². The Labute approximate surface area is 185 Å². The van der Waals surface area contributed by atoms with Crippen LogP contribution in [0.4, 0.5) is 10.5 Å². The molecule has 0 radical (unpaired) electrons. The second kappa shape index (κ2) is 9.01. The molecule has 2 aliphatic rings. The van der Waals surface area contributed by atoms with Crippen LogP contribution in [0.1, 0.15) is 41.8 Å². The predicted octanol–water partition coefficient (Wildman–Crippen LogP) is 4.24. The van der Waals surface area contributed by atoms with Crippen molar-refractivity contribution in [3.05, 3.63) is 53.1 Å². The van der Waals surface area contributed by atoms with E-state index in [0.29, 0.717) is 30.2 Å². The fourth-order valence-corrected chi connectivity index (χ4v) is 4.66. The predicted molar refractivity (Wildman–Crippen MR) is 123 cm³/mol. The lowest BCUT2D eigenvalue weighted by Crippen LogP contribution is -2.36. The molecule has 7 nitrogen and oxygen atoms in total. The number of anilines is 1. The summed E-state index contributed by atoms with van der Waals surface area (Å²) in [5.41, 5.74) is 6.93. The van der Waals surface area contributed by atoms with Crippen molar-refractivity contribution in [2.75, 3.05) is 25.2 Å². The van der Waals surface area contributed by atoms with Crippen molar-refractivity contribution in [1.29, 1.82) is 0 Å². The highest BCUT2D eigenvalue weighted by Crippen LogP contribution is 2.33.